The Balaban J connectivity index is 1.51. The summed E-state index contributed by atoms with van der Waals surface area (Å²) in [5, 5.41) is 10.5. The summed E-state index contributed by atoms with van der Waals surface area (Å²) in [6.07, 6.45) is 0.992. The Labute approximate surface area is 146 Å². The molecule has 1 saturated heterocycles. The molecule has 0 radical (unpaired) electrons. The SMILES string of the molecule is Cc1cc(NC(=O)[C@H](C)N2CC[C@@H](N(C)Cc3noc(C)n3)C2)on1. The molecule has 136 valence electrons. The van der Waals surface area contributed by atoms with Crippen molar-refractivity contribution >= 4 is 11.8 Å². The van der Waals surface area contributed by atoms with Crippen LogP contribution in [0.5, 0.6) is 0 Å². The number of rotatable bonds is 6. The van der Waals surface area contributed by atoms with Gasteiger partial charge >= 0.3 is 0 Å². The molecular weight excluding hydrogens is 324 g/mol. The van der Waals surface area contributed by atoms with E-state index in [1.807, 2.05) is 20.9 Å². The Morgan fingerprint density at radius 3 is 2.88 bits per heavy atom. The number of hydrogen-bond acceptors (Lipinski definition) is 8. The highest BCUT2D eigenvalue weighted by molar-refractivity contribution is 5.93. The maximum atomic E-state index is 12.4. The number of hydrogen-bond donors (Lipinski definition) is 1. The summed E-state index contributed by atoms with van der Waals surface area (Å²) in [7, 11) is 2.04. The summed E-state index contributed by atoms with van der Waals surface area (Å²) >= 11 is 0. The smallest absolute Gasteiger partial charge is 0.243 e. The molecule has 0 bridgehead atoms. The lowest BCUT2D eigenvalue weighted by molar-refractivity contribution is -0.120. The second-order valence-electron chi connectivity index (χ2n) is 6.58. The topological polar surface area (TPSA) is 101 Å². The fourth-order valence-electron chi connectivity index (χ4n) is 3.05. The van der Waals surface area contributed by atoms with Crippen LogP contribution in [0.3, 0.4) is 0 Å². The van der Waals surface area contributed by atoms with Gasteiger partial charge in [-0.1, -0.05) is 10.3 Å². The van der Waals surface area contributed by atoms with Gasteiger partial charge in [0, 0.05) is 32.1 Å². The van der Waals surface area contributed by atoms with Crippen molar-refractivity contribution in [2.45, 2.75) is 45.8 Å². The van der Waals surface area contributed by atoms with Gasteiger partial charge in [-0.05, 0) is 27.3 Å². The second-order valence-corrected chi connectivity index (χ2v) is 6.58. The third kappa shape index (κ3) is 4.23. The van der Waals surface area contributed by atoms with Crippen molar-refractivity contribution in [2.24, 2.45) is 0 Å². The monoisotopic (exact) mass is 348 g/mol. The van der Waals surface area contributed by atoms with Crippen molar-refractivity contribution in [3.63, 3.8) is 0 Å². The van der Waals surface area contributed by atoms with Crippen LogP contribution in [-0.4, -0.2) is 63.2 Å². The average molecular weight is 348 g/mol. The zero-order valence-corrected chi connectivity index (χ0v) is 15.0. The Morgan fingerprint density at radius 1 is 1.44 bits per heavy atom. The van der Waals surface area contributed by atoms with Crippen LogP contribution in [0.25, 0.3) is 0 Å². The Hall–Kier alpha value is -2.26. The van der Waals surface area contributed by atoms with E-state index in [1.165, 1.54) is 0 Å². The van der Waals surface area contributed by atoms with Crippen LogP contribution in [0, 0.1) is 13.8 Å². The van der Waals surface area contributed by atoms with Gasteiger partial charge in [-0.15, -0.1) is 0 Å². The number of nitrogens with zero attached hydrogens (tertiary/aromatic N) is 5. The molecule has 1 amide bonds. The molecule has 3 heterocycles. The molecule has 25 heavy (non-hydrogen) atoms. The van der Waals surface area contributed by atoms with Gasteiger partial charge in [0.2, 0.25) is 17.7 Å². The van der Waals surface area contributed by atoms with Crippen LogP contribution in [0.4, 0.5) is 5.88 Å². The number of aromatic nitrogens is 3. The van der Waals surface area contributed by atoms with Crippen LogP contribution >= 0.6 is 0 Å². The standard InChI is InChI=1S/C16H24N6O3/c1-10-7-15(25-19-10)18-16(23)11(2)22-6-5-13(8-22)21(4)9-14-17-12(3)24-20-14/h7,11,13H,5-6,8-9H2,1-4H3,(H,18,23)/t11-,13+/m0/s1. The van der Waals surface area contributed by atoms with Crippen LogP contribution < -0.4 is 5.32 Å². The zero-order chi connectivity index (χ0) is 18.0. The summed E-state index contributed by atoms with van der Waals surface area (Å²) in [6.45, 7) is 7.82. The van der Waals surface area contributed by atoms with Crippen molar-refractivity contribution < 1.29 is 13.8 Å². The van der Waals surface area contributed by atoms with Gasteiger partial charge in [-0.25, -0.2) is 0 Å². The molecule has 0 aliphatic carbocycles. The van der Waals surface area contributed by atoms with E-state index in [0.29, 0.717) is 30.2 Å². The molecule has 9 nitrogen and oxygen atoms in total. The van der Waals surface area contributed by atoms with Crippen LogP contribution in [0.2, 0.25) is 0 Å². The Morgan fingerprint density at radius 2 is 2.24 bits per heavy atom. The molecule has 3 rings (SSSR count). The van der Waals surface area contributed by atoms with Crippen molar-refractivity contribution in [1.29, 1.82) is 0 Å². The van der Waals surface area contributed by atoms with E-state index in [-0.39, 0.29) is 11.9 Å². The normalized spacial score (nSPS) is 19.5. The van der Waals surface area contributed by atoms with Gasteiger partial charge in [0.05, 0.1) is 18.3 Å². The highest BCUT2D eigenvalue weighted by atomic mass is 16.5. The molecule has 1 aliphatic heterocycles. The lowest BCUT2D eigenvalue weighted by Gasteiger charge is -2.26. The Bertz CT molecular complexity index is 727. The van der Waals surface area contributed by atoms with Crippen molar-refractivity contribution in [1.82, 2.24) is 25.1 Å². The maximum Gasteiger partial charge on any atom is 0.243 e. The molecule has 0 aromatic carbocycles. The van der Waals surface area contributed by atoms with E-state index < -0.39 is 0 Å². The molecule has 2 atom stereocenters. The lowest BCUT2D eigenvalue weighted by Crippen LogP contribution is -2.42. The van der Waals surface area contributed by atoms with Crippen LogP contribution in [0.1, 0.15) is 30.8 Å². The first-order valence-electron chi connectivity index (χ1n) is 8.40. The maximum absolute atomic E-state index is 12.4. The molecule has 1 fully saturated rings. The van der Waals surface area contributed by atoms with Gasteiger partial charge in [0.1, 0.15) is 0 Å². The molecule has 0 saturated carbocycles. The van der Waals surface area contributed by atoms with Crippen LogP contribution in [-0.2, 0) is 11.3 Å². The quantitative estimate of drug-likeness (QED) is 0.831. The fraction of sp³-hybridized carbons (Fsp3) is 0.625. The van der Waals surface area contributed by atoms with Gasteiger partial charge in [0.25, 0.3) is 0 Å². The second kappa shape index (κ2) is 7.32. The van der Waals surface area contributed by atoms with Gasteiger partial charge in [-0.2, -0.15) is 4.98 Å². The summed E-state index contributed by atoms with van der Waals surface area (Å²) < 4.78 is 10.1. The van der Waals surface area contributed by atoms with Crippen molar-refractivity contribution in [2.75, 3.05) is 25.5 Å². The largest absolute Gasteiger partial charge is 0.340 e. The van der Waals surface area contributed by atoms with Crippen molar-refractivity contribution in [3.05, 3.63) is 23.5 Å². The van der Waals surface area contributed by atoms with Gasteiger partial charge in [0.15, 0.2) is 5.82 Å². The van der Waals surface area contributed by atoms with E-state index >= 15 is 0 Å². The molecule has 0 spiro atoms. The summed E-state index contributed by atoms with van der Waals surface area (Å²) in [5.41, 5.74) is 0.738. The predicted molar refractivity (Wildman–Crippen MR) is 89.8 cm³/mol. The summed E-state index contributed by atoms with van der Waals surface area (Å²) in [6, 6.07) is 1.82. The molecule has 2 aromatic rings. The third-order valence-corrected chi connectivity index (χ3v) is 4.58. The minimum Gasteiger partial charge on any atom is -0.340 e. The first kappa shape index (κ1) is 17.6. The highest BCUT2D eigenvalue weighted by Crippen LogP contribution is 2.19. The van der Waals surface area contributed by atoms with E-state index in [1.54, 1.807) is 13.0 Å². The number of carbonyl (C=O) groups is 1. The number of carbonyl (C=O) groups excluding carboxylic acids is 1. The number of likely N-dealkylation sites (tertiary alicyclic amines) is 1. The first-order chi connectivity index (χ1) is 11.9. The van der Waals surface area contributed by atoms with E-state index in [0.717, 1.165) is 25.2 Å². The molecule has 0 unspecified atom stereocenters. The fourth-order valence-corrected chi connectivity index (χ4v) is 3.05. The molecule has 9 heteroatoms. The van der Waals surface area contributed by atoms with E-state index in [2.05, 4.69) is 30.4 Å². The number of anilines is 1. The number of aryl methyl sites for hydroxylation is 2. The minimum atomic E-state index is -0.240. The van der Waals surface area contributed by atoms with E-state index in [4.69, 9.17) is 9.05 Å². The zero-order valence-electron chi connectivity index (χ0n) is 15.0. The number of amides is 1. The number of nitrogens with one attached hydrogen (secondary N) is 1. The minimum absolute atomic E-state index is 0.0896. The lowest BCUT2D eigenvalue weighted by atomic mass is 10.2. The highest BCUT2D eigenvalue weighted by Gasteiger charge is 2.32. The van der Waals surface area contributed by atoms with Gasteiger partial charge in [-0.3, -0.25) is 19.9 Å². The van der Waals surface area contributed by atoms with Crippen LogP contribution in [0.15, 0.2) is 15.1 Å². The van der Waals surface area contributed by atoms with Gasteiger partial charge < -0.3 is 9.05 Å². The number of likely N-dealkylation sites (N-methyl/N-ethyl adjacent to an activating group) is 1. The Kier molecular flexibility index (Phi) is 5.14. The summed E-state index contributed by atoms with van der Waals surface area (Å²) in [4.78, 5) is 21.0. The molecule has 2 aromatic heterocycles. The van der Waals surface area contributed by atoms with Crippen molar-refractivity contribution in [3.8, 4) is 0 Å². The predicted octanol–water partition coefficient (Wildman–Crippen LogP) is 1.21. The first-order valence-corrected chi connectivity index (χ1v) is 8.40. The molecular formula is C16H24N6O3. The molecule has 1 N–H and O–H groups in total. The van der Waals surface area contributed by atoms with E-state index in [9.17, 15) is 4.79 Å². The molecule has 1 aliphatic rings. The third-order valence-electron chi connectivity index (χ3n) is 4.58. The summed E-state index contributed by atoms with van der Waals surface area (Å²) in [5.74, 6) is 1.55. The average Bonchev–Trinajstić information content (AvgIpc) is 3.28.